The maximum atomic E-state index is 10.8. The van der Waals surface area contributed by atoms with Gasteiger partial charge < -0.3 is 4.57 Å². The highest BCUT2D eigenvalue weighted by atomic mass is 16.6. The monoisotopic (exact) mass is 323 g/mol. The maximum absolute atomic E-state index is 10.8. The van der Waals surface area contributed by atoms with Crippen LogP contribution in [0.4, 0.5) is 5.69 Å². The standard InChI is InChI=1S/C19H21N3O2/c1-4-13(2)19-20-18-14(3)6-5-7-17(18)21(19)12-15-8-10-16(11-9-15)22(23)24/h5-11,13H,4,12H2,1-3H3. The molecule has 2 aromatic carbocycles. The second-order valence-corrected chi connectivity index (χ2v) is 6.23. The molecule has 3 aromatic rings. The summed E-state index contributed by atoms with van der Waals surface area (Å²) in [5.41, 5.74) is 4.47. The minimum absolute atomic E-state index is 0.118. The molecule has 124 valence electrons. The molecule has 0 bridgehead atoms. The van der Waals surface area contributed by atoms with E-state index in [-0.39, 0.29) is 10.6 Å². The number of hydrogen-bond donors (Lipinski definition) is 0. The summed E-state index contributed by atoms with van der Waals surface area (Å²) in [6.45, 7) is 7.08. The van der Waals surface area contributed by atoms with E-state index in [1.54, 1.807) is 12.1 Å². The van der Waals surface area contributed by atoms with E-state index in [0.29, 0.717) is 12.5 Å². The molecule has 0 radical (unpaired) electrons. The van der Waals surface area contributed by atoms with Crippen LogP contribution in [0.15, 0.2) is 42.5 Å². The Balaban J connectivity index is 2.06. The fourth-order valence-electron chi connectivity index (χ4n) is 2.94. The zero-order valence-electron chi connectivity index (χ0n) is 14.2. The molecule has 1 heterocycles. The van der Waals surface area contributed by atoms with Gasteiger partial charge in [-0.1, -0.05) is 38.1 Å². The number of nitro groups is 1. The van der Waals surface area contributed by atoms with Crippen molar-refractivity contribution in [2.45, 2.75) is 39.7 Å². The Kier molecular flexibility index (Phi) is 4.34. The molecule has 0 N–H and O–H groups in total. The molecule has 0 aliphatic heterocycles. The van der Waals surface area contributed by atoms with E-state index in [2.05, 4.69) is 37.5 Å². The van der Waals surface area contributed by atoms with Crippen molar-refractivity contribution in [1.82, 2.24) is 9.55 Å². The summed E-state index contributed by atoms with van der Waals surface area (Å²) >= 11 is 0. The van der Waals surface area contributed by atoms with E-state index in [0.717, 1.165) is 28.8 Å². The van der Waals surface area contributed by atoms with E-state index < -0.39 is 0 Å². The molecule has 0 saturated carbocycles. The van der Waals surface area contributed by atoms with E-state index in [4.69, 9.17) is 4.98 Å². The number of aryl methyl sites for hydroxylation is 1. The molecular formula is C19H21N3O2. The highest BCUT2D eigenvalue weighted by Gasteiger charge is 2.17. The molecule has 0 amide bonds. The Labute approximate surface area is 141 Å². The Morgan fingerprint density at radius 3 is 2.54 bits per heavy atom. The van der Waals surface area contributed by atoms with Crippen LogP contribution in [0.5, 0.6) is 0 Å². The van der Waals surface area contributed by atoms with Gasteiger partial charge in [-0.2, -0.15) is 0 Å². The maximum Gasteiger partial charge on any atom is 0.269 e. The Morgan fingerprint density at radius 1 is 1.21 bits per heavy atom. The molecule has 5 nitrogen and oxygen atoms in total. The second kappa shape index (κ2) is 6.43. The lowest BCUT2D eigenvalue weighted by Crippen LogP contribution is -2.08. The molecule has 1 atom stereocenters. The molecule has 5 heteroatoms. The first kappa shape index (κ1) is 16.2. The average Bonchev–Trinajstić information content (AvgIpc) is 2.95. The first-order valence-electron chi connectivity index (χ1n) is 8.20. The number of hydrogen-bond acceptors (Lipinski definition) is 3. The average molecular weight is 323 g/mol. The quantitative estimate of drug-likeness (QED) is 0.500. The highest BCUT2D eigenvalue weighted by Crippen LogP contribution is 2.27. The largest absolute Gasteiger partial charge is 0.323 e. The number of non-ortho nitro benzene ring substituents is 1. The van der Waals surface area contributed by atoms with Gasteiger partial charge in [-0.3, -0.25) is 10.1 Å². The summed E-state index contributed by atoms with van der Waals surface area (Å²) in [7, 11) is 0. The number of nitro benzene ring substituents is 1. The van der Waals surface area contributed by atoms with Crippen molar-refractivity contribution < 1.29 is 4.92 Å². The van der Waals surface area contributed by atoms with Crippen molar-refractivity contribution in [3.05, 3.63) is 69.5 Å². The number of aromatic nitrogens is 2. The summed E-state index contributed by atoms with van der Waals surface area (Å²) in [5, 5.41) is 10.8. The Bertz CT molecular complexity index is 882. The third-order valence-corrected chi connectivity index (χ3v) is 4.55. The third kappa shape index (κ3) is 2.89. The first-order valence-corrected chi connectivity index (χ1v) is 8.20. The second-order valence-electron chi connectivity index (χ2n) is 6.23. The molecule has 0 spiro atoms. The minimum atomic E-state index is -0.371. The van der Waals surface area contributed by atoms with Crippen molar-refractivity contribution in [2.24, 2.45) is 0 Å². The van der Waals surface area contributed by atoms with Crippen LogP contribution >= 0.6 is 0 Å². The van der Waals surface area contributed by atoms with Gasteiger partial charge in [0.25, 0.3) is 5.69 Å². The van der Waals surface area contributed by atoms with Crippen LogP contribution in [0.25, 0.3) is 11.0 Å². The van der Waals surface area contributed by atoms with Gasteiger partial charge >= 0.3 is 0 Å². The van der Waals surface area contributed by atoms with Gasteiger partial charge in [0.1, 0.15) is 5.82 Å². The van der Waals surface area contributed by atoms with Gasteiger partial charge in [0.15, 0.2) is 0 Å². The van der Waals surface area contributed by atoms with Crippen molar-refractivity contribution in [3.8, 4) is 0 Å². The fourth-order valence-corrected chi connectivity index (χ4v) is 2.94. The molecule has 0 fully saturated rings. The van der Waals surface area contributed by atoms with Crippen LogP contribution in [-0.2, 0) is 6.54 Å². The van der Waals surface area contributed by atoms with Crippen LogP contribution in [0.2, 0.25) is 0 Å². The Hall–Kier alpha value is -2.69. The van der Waals surface area contributed by atoms with E-state index in [1.165, 1.54) is 5.56 Å². The predicted octanol–water partition coefficient (Wildman–Crippen LogP) is 4.81. The van der Waals surface area contributed by atoms with Crippen molar-refractivity contribution in [2.75, 3.05) is 0 Å². The van der Waals surface area contributed by atoms with Crippen LogP contribution in [0, 0.1) is 17.0 Å². The highest BCUT2D eigenvalue weighted by molar-refractivity contribution is 5.79. The number of para-hydroxylation sites is 1. The molecule has 3 rings (SSSR count). The van der Waals surface area contributed by atoms with Crippen molar-refractivity contribution in [3.63, 3.8) is 0 Å². The number of fused-ring (bicyclic) bond motifs is 1. The van der Waals surface area contributed by atoms with Crippen LogP contribution in [-0.4, -0.2) is 14.5 Å². The summed E-state index contributed by atoms with van der Waals surface area (Å²) < 4.78 is 2.23. The lowest BCUT2D eigenvalue weighted by atomic mass is 10.1. The summed E-state index contributed by atoms with van der Waals surface area (Å²) in [4.78, 5) is 15.3. The van der Waals surface area contributed by atoms with Gasteiger partial charge in [0.05, 0.1) is 16.0 Å². The van der Waals surface area contributed by atoms with Crippen LogP contribution in [0.3, 0.4) is 0 Å². The topological polar surface area (TPSA) is 61.0 Å². The van der Waals surface area contributed by atoms with E-state index >= 15 is 0 Å². The smallest absolute Gasteiger partial charge is 0.269 e. The molecule has 1 unspecified atom stereocenters. The predicted molar refractivity (Wildman–Crippen MR) is 95.4 cm³/mol. The molecule has 24 heavy (non-hydrogen) atoms. The minimum Gasteiger partial charge on any atom is -0.323 e. The molecule has 0 aliphatic rings. The van der Waals surface area contributed by atoms with Gasteiger partial charge in [-0.25, -0.2) is 4.98 Å². The normalized spacial score (nSPS) is 12.5. The van der Waals surface area contributed by atoms with E-state index in [1.807, 2.05) is 18.2 Å². The SMILES string of the molecule is CCC(C)c1nc2c(C)cccc2n1Cc1ccc([N+](=O)[O-])cc1. The van der Waals surface area contributed by atoms with Gasteiger partial charge in [-0.15, -0.1) is 0 Å². The lowest BCUT2D eigenvalue weighted by Gasteiger charge is -2.13. The van der Waals surface area contributed by atoms with Crippen LogP contribution in [0.1, 0.15) is 43.1 Å². The zero-order chi connectivity index (χ0) is 17.3. The molecule has 0 aliphatic carbocycles. The third-order valence-electron chi connectivity index (χ3n) is 4.55. The zero-order valence-corrected chi connectivity index (χ0v) is 14.2. The molecule has 0 saturated heterocycles. The number of nitrogens with zero attached hydrogens (tertiary/aromatic N) is 3. The first-order chi connectivity index (χ1) is 11.5. The molecular weight excluding hydrogens is 302 g/mol. The van der Waals surface area contributed by atoms with Crippen molar-refractivity contribution >= 4 is 16.7 Å². The number of imidazole rings is 1. The van der Waals surface area contributed by atoms with E-state index in [9.17, 15) is 10.1 Å². The fraction of sp³-hybridized carbons (Fsp3) is 0.316. The summed E-state index contributed by atoms with van der Waals surface area (Å²) in [6, 6.07) is 13.0. The van der Waals surface area contributed by atoms with Crippen LogP contribution < -0.4 is 0 Å². The Morgan fingerprint density at radius 2 is 1.92 bits per heavy atom. The number of benzene rings is 2. The lowest BCUT2D eigenvalue weighted by molar-refractivity contribution is -0.384. The summed E-state index contributed by atoms with van der Waals surface area (Å²) in [5.74, 6) is 1.43. The number of rotatable bonds is 5. The van der Waals surface area contributed by atoms with Gasteiger partial charge in [0, 0.05) is 24.6 Å². The van der Waals surface area contributed by atoms with Gasteiger partial charge in [0.2, 0.25) is 0 Å². The van der Waals surface area contributed by atoms with Gasteiger partial charge in [-0.05, 0) is 30.5 Å². The van der Waals surface area contributed by atoms with Crippen molar-refractivity contribution in [1.29, 1.82) is 0 Å². The molecule has 1 aromatic heterocycles. The summed E-state index contributed by atoms with van der Waals surface area (Å²) in [6.07, 6.45) is 1.02.